The maximum atomic E-state index is 11.9. The van der Waals surface area contributed by atoms with Gasteiger partial charge < -0.3 is 15.2 Å². The van der Waals surface area contributed by atoms with Crippen molar-refractivity contribution in [2.45, 2.75) is 13.0 Å². The Labute approximate surface area is 127 Å². The summed E-state index contributed by atoms with van der Waals surface area (Å²) in [4.78, 5) is 26.8. The molecule has 2 rings (SSSR count). The molecule has 1 aromatic carbocycles. The van der Waals surface area contributed by atoms with Gasteiger partial charge in [-0.05, 0) is 29.8 Å². The summed E-state index contributed by atoms with van der Waals surface area (Å²) in [6.07, 6.45) is 1.63. The molecule has 0 aliphatic carbocycles. The third kappa shape index (κ3) is 4.31. The van der Waals surface area contributed by atoms with Crippen LogP contribution in [0.15, 0.2) is 42.6 Å². The Bertz CT molecular complexity index is 685. The van der Waals surface area contributed by atoms with Gasteiger partial charge in [0, 0.05) is 6.20 Å². The Morgan fingerprint density at radius 3 is 2.82 bits per heavy atom. The first-order valence-electron chi connectivity index (χ1n) is 6.66. The summed E-state index contributed by atoms with van der Waals surface area (Å²) in [5.41, 5.74) is 1.48. The zero-order chi connectivity index (χ0) is 15.9. The molecule has 0 fully saturated rings. The van der Waals surface area contributed by atoms with Crippen LogP contribution in [0.25, 0.3) is 0 Å². The molecule has 0 radical (unpaired) electrons. The van der Waals surface area contributed by atoms with E-state index in [1.807, 2.05) is 18.2 Å². The Morgan fingerprint density at radius 2 is 2.09 bits per heavy atom. The number of carboxylic acid groups (broad SMARTS) is 1. The number of rotatable bonds is 6. The number of methoxy groups -OCH3 is 1. The minimum atomic E-state index is -1.02. The average molecular weight is 300 g/mol. The van der Waals surface area contributed by atoms with Crippen LogP contribution in [0, 0.1) is 0 Å². The number of nitrogens with one attached hydrogen (secondary N) is 1. The molecule has 0 bridgehead atoms. The molecule has 2 aromatic rings. The molecule has 114 valence electrons. The monoisotopic (exact) mass is 300 g/mol. The third-order valence-electron chi connectivity index (χ3n) is 3.03. The lowest BCUT2D eigenvalue weighted by Crippen LogP contribution is -2.25. The van der Waals surface area contributed by atoms with Crippen molar-refractivity contribution in [3.05, 3.63) is 59.4 Å². The van der Waals surface area contributed by atoms with Crippen molar-refractivity contribution in [1.82, 2.24) is 10.3 Å². The minimum Gasteiger partial charge on any atom is -0.497 e. The first kappa shape index (κ1) is 15.5. The molecule has 0 unspecified atom stereocenters. The SMILES string of the molecule is COc1cccc(CC(=O)NCc2cc(C(=O)O)ccn2)c1. The second kappa shape index (κ2) is 7.21. The number of ether oxygens (including phenoxy) is 1. The van der Waals surface area contributed by atoms with Crippen molar-refractivity contribution >= 4 is 11.9 Å². The van der Waals surface area contributed by atoms with Gasteiger partial charge in [-0.1, -0.05) is 12.1 Å². The van der Waals surface area contributed by atoms with Gasteiger partial charge in [0.05, 0.1) is 31.3 Å². The zero-order valence-electron chi connectivity index (χ0n) is 12.1. The van der Waals surface area contributed by atoms with Crippen molar-refractivity contribution < 1.29 is 19.4 Å². The fraction of sp³-hybridized carbons (Fsp3) is 0.188. The Hall–Kier alpha value is -2.89. The highest BCUT2D eigenvalue weighted by Crippen LogP contribution is 2.12. The van der Waals surface area contributed by atoms with Crippen LogP contribution in [-0.2, 0) is 17.8 Å². The first-order valence-corrected chi connectivity index (χ1v) is 6.66. The topological polar surface area (TPSA) is 88.5 Å². The van der Waals surface area contributed by atoms with E-state index in [4.69, 9.17) is 9.84 Å². The van der Waals surface area contributed by atoms with E-state index in [-0.39, 0.29) is 24.4 Å². The van der Waals surface area contributed by atoms with E-state index in [9.17, 15) is 9.59 Å². The van der Waals surface area contributed by atoms with Gasteiger partial charge in [-0.25, -0.2) is 4.79 Å². The van der Waals surface area contributed by atoms with Gasteiger partial charge in [-0.3, -0.25) is 9.78 Å². The summed E-state index contributed by atoms with van der Waals surface area (Å²) in [6, 6.07) is 10.1. The molecule has 0 aliphatic heterocycles. The third-order valence-corrected chi connectivity index (χ3v) is 3.03. The van der Waals surface area contributed by atoms with Crippen LogP contribution in [0.4, 0.5) is 0 Å². The number of carboxylic acids is 1. The fourth-order valence-corrected chi connectivity index (χ4v) is 1.93. The lowest BCUT2D eigenvalue weighted by molar-refractivity contribution is -0.120. The number of hydrogen-bond acceptors (Lipinski definition) is 4. The number of benzene rings is 1. The standard InChI is InChI=1S/C16H16N2O4/c1-22-14-4-2-3-11(7-14)8-15(19)18-10-13-9-12(16(20)21)5-6-17-13/h2-7,9H,8,10H2,1H3,(H,18,19)(H,20,21). The first-order chi connectivity index (χ1) is 10.6. The molecular formula is C16H16N2O4. The molecule has 0 aliphatic rings. The van der Waals surface area contributed by atoms with Crippen LogP contribution in [0.5, 0.6) is 5.75 Å². The second-order valence-electron chi connectivity index (χ2n) is 4.65. The Morgan fingerprint density at radius 1 is 1.27 bits per heavy atom. The molecule has 0 saturated heterocycles. The molecule has 22 heavy (non-hydrogen) atoms. The van der Waals surface area contributed by atoms with Crippen molar-refractivity contribution in [3.8, 4) is 5.75 Å². The molecule has 6 heteroatoms. The predicted octanol–water partition coefficient (Wildman–Crippen LogP) is 1.65. The van der Waals surface area contributed by atoms with Gasteiger partial charge in [0.1, 0.15) is 5.75 Å². The van der Waals surface area contributed by atoms with Crippen molar-refractivity contribution in [3.63, 3.8) is 0 Å². The van der Waals surface area contributed by atoms with E-state index in [1.54, 1.807) is 13.2 Å². The number of amides is 1. The number of carbonyl (C=O) groups excluding carboxylic acids is 1. The molecule has 1 aromatic heterocycles. The molecule has 1 heterocycles. The smallest absolute Gasteiger partial charge is 0.335 e. The number of nitrogens with zero attached hydrogens (tertiary/aromatic N) is 1. The maximum absolute atomic E-state index is 11.9. The van der Waals surface area contributed by atoms with E-state index in [1.165, 1.54) is 18.3 Å². The minimum absolute atomic E-state index is 0.145. The number of aromatic carboxylic acids is 1. The number of carbonyl (C=O) groups is 2. The zero-order valence-corrected chi connectivity index (χ0v) is 12.1. The lowest BCUT2D eigenvalue weighted by Gasteiger charge is -2.07. The van der Waals surface area contributed by atoms with Gasteiger partial charge in [0.25, 0.3) is 0 Å². The Kier molecular flexibility index (Phi) is 5.08. The number of pyridine rings is 1. The maximum Gasteiger partial charge on any atom is 0.335 e. The molecular weight excluding hydrogens is 284 g/mol. The molecule has 2 N–H and O–H groups in total. The van der Waals surface area contributed by atoms with Crippen LogP contribution in [-0.4, -0.2) is 29.1 Å². The summed E-state index contributed by atoms with van der Waals surface area (Å²) >= 11 is 0. The number of aromatic nitrogens is 1. The van der Waals surface area contributed by atoms with E-state index >= 15 is 0 Å². The highest BCUT2D eigenvalue weighted by molar-refractivity contribution is 5.87. The normalized spacial score (nSPS) is 10.0. The summed E-state index contributed by atoms with van der Waals surface area (Å²) in [5, 5.41) is 11.6. The Balaban J connectivity index is 1.92. The van der Waals surface area contributed by atoms with Crippen LogP contribution in [0.3, 0.4) is 0 Å². The average Bonchev–Trinajstić information content (AvgIpc) is 2.53. The van der Waals surface area contributed by atoms with Gasteiger partial charge in [0.2, 0.25) is 5.91 Å². The fourth-order valence-electron chi connectivity index (χ4n) is 1.93. The molecule has 0 atom stereocenters. The van der Waals surface area contributed by atoms with Crippen molar-refractivity contribution in [2.75, 3.05) is 7.11 Å². The largest absolute Gasteiger partial charge is 0.497 e. The molecule has 1 amide bonds. The van der Waals surface area contributed by atoms with Gasteiger partial charge in [0.15, 0.2) is 0 Å². The van der Waals surface area contributed by atoms with Gasteiger partial charge >= 0.3 is 5.97 Å². The predicted molar refractivity (Wildman–Crippen MR) is 79.7 cm³/mol. The summed E-state index contributed by atoms with van der Waals surface area (Å²) < 4.78 is 5.10. The summed E-state index contributed by atoms with van der Waals surface area (Å²) in [6.45, 7) is 0.184. The van der Waals surface area contributed by atoms with Crippen molar-refractivity contribution in [1.29, 1.82) is 0 Å². The van der Waals surface area contributed by atoms with Crippen LogP contribution in [0.2, 0.25) is 0 Å². The van der Waals surface area contributed by atoms with Crippen molar-refractivity contribution in [2.24, 2.45) is 0 Å². The molecule has 6 nitrogen and oxygen atoms in total. The lowest BCUT2D eigenvalue weighted by atomic mass is 10.1. The van der Waals surface area contributed by atoms with E-state index < -0.39 is 5.97 Å². The second-order valence-corrected chi connectivity index (χ2v) is 4.65. The number of hydrogen-bond donors (Lipinski definition) is 2. The summed E-state index contributed by atoms with van der Waals surface area (Å²) in [7, 11) is 1.57. The summed E-state index contributed by atoms with van der Waals surface area (Å²) in [5.74, 6) is -0.497. The molecule has 0 spiro atoms. The van der Waals surface area contributed by atoms with Crippen LogP contribution in [0.1, 0.15) is 21.6 Å². The van der Waals surface area contributed by atoms with Crippen LogP contribution < -0.4 is 10.1 Å². The quantitative estimate of drug-likeness (QED) is 0.846. The highest BCUT2D eigenvalue weighted by atomic mass is 16.5. The van der Waals surface area contributed by atoms with Gasteiger partial charge in [-0.15, -0.1) is 0 Å². The van der Waals surface area contributed by atoms with Gasteiger partial charge in [-0.2, -0.15) is 0 Å². The van der Waals surface area contributed by atoms with E-state index in [0.717, 1.165) is 5.56 Å². The van der Waals surface area contributed by atoms with Crippen LogP contribution >= 0.6 is 0 Å². The van der Waals surface area contributed by atoms with E-state index in [0.29, 0.717) is 11.4 Å². The highest BCUT2D eigenvalue weighted by Gasteiger charge is 2.07. The molecule has 0 saturated carbocycles. The van der Waals surface area contributed by atoms with E-state index in [2.05, 4.69) is 10.3 Å².